The summed E-state index contributed by atoms with van der Waals surface area (Å²) in [6.07, 6.45) is 10.3. The normalized spacial score (nSPS) is 20.7. The number of likely N-dealkylation sites (tertiary alicyclic amines) is 1. The van der Waals surface area contributed by atoms with Crippen molar-refractivity contribution >= 4 is 11.9 Å². The average molecular weight is 340 g/mol. The molecule has 1 fully saturated rings. The van der Waals surface area contributed by atoms with Crippen LogP contribution in [-0.2, 0) is 24.3 Å². The minimum atomic E-state index is 0.283. The van der Waals surface area contributed by atoms with Gasteiger partial charge >= 0.3 is 0 Å². The SMILES string of the molecule is CCc1cnc(N2Cc3nccn3CC(CN3CCCC3=O)C2)nc1. The van der Waals surface area contributed by atoms with E-state index in [4.69, 9.17) is 0 Å². The van der Waals surface area contributed by atoms with Crippen LogP contribution in [0.5, 0.6) is 0 Å². The van der Waals surface area contributed by atoms with E-state index in [0.717, 1.165) is 56.4 Å². The monoisotopic (exact) mass is 340 g/mol. The van der Waals surface area contributed by atoms with Crippen LogP contribution in [0, 0.1) is 5.92 Å². The first-order valence-corrected chi connectivity index (χ1v) is 9.06. The lowest BCUT2D eigenvalue weighted by molar-refractivity contribution is -0.128. The summed E-state index contributed by atoms with van der Waals surface area (Å²) in [4.78, 5) is 29.8. The molecule has 132 valence electrons. The quantitative estimate of drug-likeness (QED) is 0.844. The summed E-state index contributed by atoms with van der Waals surface area (Å²) in [6.45, 7) is 6.18. The Morgan fingerprint density at radius 3 is 2.76 bits per heavy atom. The maximum atomic E-state index is 12.0. The van der Waals surface area contributed by atoms with Crippen LogP contribution in [0.4, 0.5) is 5.95 Å². The highest BCUT2D eigenvalue weighted by Gasteiger charge is 2.28. The zero-order chi connectivity index (χ0) is 17.2. The Kier molecular flexibility index (Phi) is 4.38. The average Bonchev–Trinajstić information content (AvgIpc) is 3.19. The number of anilines is 1. The lowest BCUT2D eigenvalue weighted by Gasteiger charge is -2.27. The van der Waals surface area contributed by atoms with Crippen LogP contribution in [0.1, 0.15) is 31.2 Å². The molecule has 0 radical (unpaired) electrons. The molecule has 2 aliphatic heterocycles. The minimum absolute atomic E-state index is 0.283. The molecule has 0 saturated carbocycles. The molecule has 0 aliphatic carbocycles. The Labute approximate surface area is 147 Å². The summed E-state index contributed by atoms with van der Waals surface area (Å²) in [5, 5.41) is 0. The van der Waals surface area contributed by atoms with Crippen LogP contribution in [-0.4, -0.2) is 50.0 Å². The number of fused-ring (bicyclic) bond motifs is 1. The van der Waals surface area contributed by atoms with Crippen molar-refractivity contribution in [3.05, 3.63) is 36.2 Å². The molecular weight excluding hydrogens is 316 g/mol. The van der Waals surface area contributed by atoms with Gasteiger partial charge in [0.05, 0.1) is 6.54 Å². The van der Waals surface area contributed by atoms with E-state index in [9.17, 15) is 4.79 Å². The molecule has 0 aromatic carbocycles. The molecule has 7 heteroatoms. The second kappa shape index (κ2) is 6.82. The standard InChI is InChI=1S/C18H24N6O/c1-2-14-8-20-18(21-9-14)24-12-15(11-23-6-3-4-17(23)25)10-22-7-5-19-16(22)13-24/h5,7-9,15H,2-4,6,10-13H2,1H3. The summed E-state index contributed by atoms with van der Waals surface area (Å²) < 4.78 is 2.20. The van der Waals surface area contributed by atoms with Crippen molar-refractivity contribution in [1.29, 1.82) is 0 Å². The summed E-state index contributed by atoms with van der Waals surface area (Å²) >= 11 is 0. The molecule has 1 amide bonds. The van der Waals surface area contributed by atoms with Crippen molar-refractivity contribution < 1.29 is 4.79 Å². The van der Waals surface area contributed by atoms with Crippen LogP contribution in [0.25, 0.3) is 0 Å². The Morgan fingerprint density at radius 2 is 2.04 bits per heavy atom. The molecule has 7 nitrogen and oxygen atoms in total. The number of amides is 1. The van der Waals surface area contributed by atoms with Gasteiger partial charge in [-0.25, -0.2) is 15.0 Å². The molecule has 1 unspecified atom stereocenters. The lowest BCUT2D eigenvalue weighted by atomic mass is 10.1. The van der Waals surface area contributed by atoms with Gasteiger partial charge < -0.3 is 14.4 Å². The maximum Gasteiger partial charge on any atom is 0.225 e. The van der Waals surface area contributed by atoms with Gasteiger partial charge in [-0.05, 0) is 18.4 Å². The first-order valence-electron chi connectivity index (χ1n) is 9.06. The molecule has 1 saturated heterocycles. The molecular formula is C18H24N6O. The molecule has 0 N–H and O–H groups in total. The Bertz CT molecular complexity index is 740. The van der Waals surface area contributed by atoms with Crippen molar-refractivity contribution in [2.75, 3.05) is 24.5 Å². The Morgan fingerprint density at radius 1 is 1.20 bits per heavy atom. The number of carbonyl (C=O) groups is 1. The van der Waals surface area contributed by atoms with Gasteiger partial charge in [-0.15, -0.1) is 0 Å². The predicted molar refractivity (Wildman–Crippen MR) is 94.0 cm³/mol. The molecule has 4 heterocycles. The first-order chi connectivity index (χ1) is 12.2. The zero-order valence-electron chi connectivity index (χ0n) is 14.6. The molecule has 2 aromatic heterocycles. The van der Waals surface area contributed by atoms with E-state index in [2.05, 4.69) is 31.3 Å². The fourth-order valence-corrected chi connectivity index (χ4v) is 3.71. The maximum absolute atomic E-state index is 12.0. The summed E-state index contributed by atoms with van der Waals surface area (Å²) in [5.74, 6) is 2.39. The van der Waals surface area contributed by atoms with E-state index in [1.165, 1.54) is 0 Å². The van der Waals surface area contributed by atoms with Gasteiger partial charge in [0, 0.05) is 63.3 Å². The molecule has 0 spiro atoms. The second-order valence-corrected chi connectivity index (χ2v) is 6.93. The number of carbonyl (C=O) groups excluding carboxylic acids is 1. The third-order valence-electron chi connectivity index (χ3n) is 5.10. The third-order valence-corrected chi connectivity index (χ3v) is 5.10. The van der Waals surface area contributed by atoms with Gasteiger partial charge in [0.15, 0.2) is 0 Å². The molecule has 1 atom stereocenters. The number of rotatable bonds is 4. The summed E-state index contributed by atoms with van der Waals surface area (Å²) in [7, 11) is 0. The Hall–Kier alpha value is -2.44. The number of hydrogen-bond acceptors (Lipinski definition) is 5. The molecule has 0 bridgehead atoms. The first kappa shape index (κ1) is 16.1. The highest BCUT2D eigenvalue weighted by Crippen LogP contribution is 2.22. The number of aryl methyl sites for hydroxylation is 1. The van der Waals surface area contributed by atoms with E-state index in [1.54, 1.807) is 0 Å². The van der Waals surface area contributed by atoms with Crippen LogP contribution in [0.2, 0.25) is 0 Å². The van der Waals surface area contributed by atoms with Gasteiger partial charge in [-0.1, -0.05) is 6.92 Å². The summed E-state index contributed by atoms with van der Waals surface area (Å²) in [5.41, 5.74) is 1.14. The van der Waals surface area contributed by atoms with Gasteiger partial charge in [0.25, 0.3) is 0 Å². The van der Waals surface area contributed by atoms with Crippen molar-refractivity contribution in [2.45, 2.75) is 39.3 Å². The molecule has 2 aromatic rings. The molecule has 4 rings (SSSR count). The van der Waals surface area contributed by atoms with E-state index < -0.39 is 0 Å². The number of nitrogens with zero attached hydrogens (tertiary/aromatic N) is 6. The molecule has 25 heavy (non-hydrogen) atoms. The van der Waals surface area contributed by atoms with Crippen LogP contribution in [0.3, 0.4) is 0 Å². The zero-order valence-corrected chi connectivity index (χ0v) is 14.6. The second-order valence-electron chi connectivity index (χ2n) is 6.93. The topological polar surface area (TPSA) is 67.2 Å². The lowest BCUT2D eigenvalue weighted by Crippen LogP contribution is -2.37. The highest BCUT2D eigenvalue weighted by molar-refractivity contribution is 5.78. The van der Waals surface area contributed by atoms with Gasteiger partial charge in [0.1, 0.15) is 5.82 Å². The van der Waals surface area contributed by atoms with E-state index in [-0.39, 0.29) is 5.91 Å². The number of aromatic nitrogens is 4. The van der Waals surface area contributed by atoms with Crippen LogP contribution >= 0.6 is 0 Å². The van der Waals surface area contributed by atoms with Crippen LogP contribution in [0.15, 0.2) is 24.8 Å². The van der Waals surface area contributed by atoms with Gasteiger partial charge in [-0.2, -0.15) is 0 Å². The molecule has 2 aliphatic rings. The minimum Gasteiger partial charge on any atom is -0.342 e. The van der Waals surface area contributed by atoms with E-state index in [1.807, 2.05) is 29.7 Å². The van der Waals surface area contributed by atoms with E-state index >= 15 is 0 Å². The number of imidazole rings is 1. The van der Waals surface area contributed by atoms with Crippen molar-refractivity contribution in [2.24, 2.45) is 5.92 Å². The van der Waals surface area contributed by atoms with Crippen LogP contribution < -0.4 is 4.90 Å². The smallest absolute Gasteiger partial charge is 0.225 e. The fourth-order valence-electron chi connectivity index (χ4n) is 3.71. The van der Waals surface area contributed by atoms with Gasteiger partial charge in [-0.3, -0.25) is 4.79 Å². The largest absolute Gasteiger partial charge is 0.342 e. The summed E-state index contributed by atoms with van der Waals surface area (Å²) in [6, 6.07) is 0. The van der Waals surface area contributed by atoms with Gasteiger partial charge in [0.2, 0.25) is 11.9 Å². The van der Waals surface area contributed by atoms with Crippen molar-refractivity contribution in [3.63, 3.8) is 0 Å². The third kappa shape index (κ3) is 3.36. The van der Waals surface area contributed by atoms with E-state index in [0.29, 0.717) is 18.9 Å². The Balaban J connectivity index is 1.57. The van der Waals surface area contributed by atoms with Crippen molar-refractivity contribution in [1.82, 2.24) is 24.4 Å². The predicted octanol–water partition coefficient (Wildman–Crippen LogP) is 1.49. The number of hydrogen-bond donors (Lipinski definition) is 0. The highest BCUT2D eigenvalue weighted by atomic mass is 16.2. The van der Waals surface area contributed by atoms with Crippen molar-refractivity contribution in [3.8, 4) is 0 Å². The fraction of sp³-hybridized carbons (Fsp3) is 0.556.